The van der Waals surface area contributed by atoms with E-state index >= 15 is 0 Å². The van der Waals surface area contributed by atoms with E-state index in [1.807, 2.05) is 0 Å². The fourth-order valence-electron chi connectivity index (χ4n) is 3.32. The van der Waals surface area contributed by atoms with E-state index in [1.54, 1.807) is 13.8 Å². The van der Waals surface area contributed by atoms with Crippen LogP contribution in [0.3, 0.4) is 0 Å². The van der Waals surface area contributed by atoms with E-state index in [0.717, 1.165) is 0 Å². The molecular formula is C16H18N2O7S2. The number of aliphatic carboxylic acids is 2. The molecule has 3 atom stereocenters. The van der Waals surface area contributed by atoms with Gasteiger partial charge in [-0.3, -0.25) is 9.59 Å². The Bertz CT molecular complexity index is 911. The van der Waals surface area contributed by atoms with Crippen LogP contribution in [0, 0.1) is 0 Å². The van der Waals surface area contributed by atoms with E-state index in [4.69, 9.17) is 5.11 Å². The molecule has 2 aliphatic rings. The lowest BCUT2D eigenvalue weighted by molar-refractivity contribution is -0.159. The van der Waals surface area contributed by atoms with Crippen molar-refractivity contribution in [3.8, 4) is 0 Å². The zero-order chi connectivity index (χ0) is 20.1. The first-order chi connectivity index (χ1) is 12.4. The highest BCUT2D eigenvalue weighted by Crippen LogP contribution is 2.50. The summed E-state index contributed by atoms with van der Waals surface area (Å²) in [5, 5.41) is 17.6. The zero-order valence-corrected chi connectivity index (χ0v) is 16.1. The number of benzene rings is 1. The molecular weight excluding hydrogens is 396 g/mol. The highest BCUT2D eigenvalue weighted by molar-refractivity contribution is 8.01. The normalized spacial score (nSPS) is 26.4. The van der Waals surface area contributed by atoms with Crippen molar-refractivity contribution in [1.82, 2.24) is 9.62 Å². The highest BCUT2D eigenvalue weighted by Gasteiger charge is 2.64. The van der Waals surface area contributed by atoms with Gasteiger partial charge < -0.3 is 15.1 Å². The highest BCUT2D eigenvalue weighted by atomic mass is 32.2. The van der Waals surface area contributed by atoms with Crippen molar-refractivity contribution in [3.63, 3.8) is 0 Å². The number of carboxylic acid groups (broad SMARTS) is 2. The van der Waals surface area contributed by atoms with Gasteiger partial charge >= 0.3 is 11.9 Å². The van der Waals surface area contributed by atoms with E-state index in [2.05, 4.69) is 4.72 Å². The number of hydrogen-bond donors (Lipinski definition) is 3. The van der Waals surface area contributed by atoms with E-state index in [1.165, 1.54) is 40.9 Å². The molecule has 0 unspecified atom stereocenters. The fourth-order valence-corrected chi connectivity index (χ4v) is 6.22. The van der Waals surface area contributed by atoms with Crippen LogP contribution in [0.1, 0.15) is 19.4 Å². The van der Waals surface area contributed by atoms with Crippen molar-refractivity contribution in [1.29, 1.82) is 0 Å². The molecule has 0 aromatic heterocycles. The molecule has 2 saturated heterocycles. The van der Waals surface area contributed by atoms with Crippen LogP contribution >= 0.6 is 11.8 Å². The maximum absolute atomic E-state index is 12.6. The molecule has 27 heavy (non-hydrogen) atoms. The number of fused-ring (bicyclic) bond motifs is 1. The molecule has 0 saturated carbocycles. The summed E-state index contributed by atoms with van der Waals surface area (Å²) in [5.41, 5.74) is 0.449. The van der Waals surface area contributed by atoms with Gasteiger partial charge in [-0.15, -0.1) is 11.8 Å². The second-order valence-electron chi connectivity index (χ2n) is 6.91. The Labute approximate surface area is 159 Å². The minimum atomic E-state index is -4.02. The van der Waals surface area contributed by atoms with Gasteiger partial charge in [-0.2, -0.15) is 4.72 Å². The number of sulfonamides is 1. The molecule has 2 fully saturated rings. The van der Waals surface area contributed by atoms with Crippen molar-refractivity contribution in [2.75, 3.05) is 0 Å². The minimum absolute atomic E-state index is 0.0973. The third-order valence-electron chi connectivity index (χ3n) is 4.55. The van der Waals surface area contributed by atoms with Crippen LogP contribution < -0.4 is 4.72 Å². The molecule has 1 aromatic carbocycles. The van der Waals surface area contributed by atoms with Gasteiger partial charge in [-0.25, -0.2) is 13.2 Å². The van der Waals surface area contributed by atoms with Crippen molar-refractivity contribution in [3.05, 3.63) is 29.8 Å². The smallest absolute Gasteiger partial charge is 0.327 e. The molecule has 3 rings (SSSR count). The van der Waals surface area contributed by atoms with Gasteiger partial charge in [0.1, 0.15) is 17.5 Å². The van der Waals surface area contributed by atoms with Gasteiger partial charge in [0.05, 0.1) is 11.3 Å². The van der Waals surface area contributed by atoms with Crippen LogP contribution in [0.25, 0.3) is 0 Å². The summed E-state index contributed by atoms with van der Waals surface area (Å²) in [6.45, 7) is 3.41. The molecule has 2 heterocycles. The van der Waals surface area contributed by atoms with Gasteiger partial charge in [0, 0.05) is 4.75 Å². The number of carbonyl (C=O) groups excluding carboxylic acids is 1. The van der Waals surface area contributed by atoms with E-state index in [0.29, 0.717) is 5.56 Å². The lowest BCUT2D eigenvalue weighted by Gasteiger charge is -2.43. The number of carboxylic acids is 2. The summed E-state index contributed by atoms with van der Waals surface area (Å²) < 4.78 is 26.7. The Morgan fingerprint density at radius 1 is 1.22 bits per heavy atom. The van der Waals surface area contributed by atoms with E-state index < -0.39 is 50.1 Å². The number of nitrogens with one attached hydrogen (secondary N) is 1. The van der Waals surface area contributed by atoms with Crippen LogP contribution in [-0.4, -0.2) is 63.6 Å². The average Bonchev–Trinajstić information content (AvgIpc) is 2.81. The largest absolute Gasteiger partial charge is 0.481 e. The van der Waals surface area contributed by atoms with Crippen molar-refractivity contribution < 1.29 is 33.0 Å². The standard InChI is InChI=1S/C16H18N2O7S2/c1-16(2)12(15(22)23)18-13(21)11(14(18)26-16)17-27(24,25)9-5-3-8(4-6-9)7-10(19)20/h3-6,11-12,14,17H,7H2,1-2H3,(H,19,20)(H,22,23)/t11-,12+,14-/m1/s1. The first-order valence-electron chi connectivity index (χ1n) is 8.00. The van der Waals surface area contributed by atoms with Crippen LogP contribution in [-0.2, 0) is 30.8 Å². The van der Waals surface area contributed by atoms with Crippen molar-refractivity contribution >= 4 is 39.6 Å². The topological polar surface area (TPSA) is 141 Å². The molecule has 11 heteroatoms. The monoisotopic (exact) mass is 414 g/mol. The molecule has 0 radical (unpaired) electrons. The molecule has 1 amide bonds. The summed E-state index contributed by atoms with van der Waals surface area (Å²) in [4.78, 5) is 35.7. The molecule has 9 nitrogen and oxygen atoms in total. The number of amides is 1. The van der Waals surface area contributed by atoms with Gasteiger partial charge in [0.15, 0.2) is 0 Å². The third-order valence-corrected chi connectivity index (χ3v) is 7.57. The lowest BCUT2D eigenvalue weighted by atomic mass is 9.96. The maximum Gasteiger partial charge on any atom is 0.327 e. The second kappa shape index (κ2) is 6.50. The first kappa shape index (κ1) is 19.6. The number of carbonyl (C=O) groups is 3. The molecule has 1 aromatic rings. The summed E-state index contributed by atoms with van der Waals surface area (Å²) in [7, 11) is -4.02. The fraction of sp³-hybridized carbons (Fsp3) is 0.438. The van der Waals surface area contributed by atoms with Crippen LogP contribution in [0.5, 0.6) is 0 Å². The lowest BCUT2D eigenvalue weighted by Crippen LogP contribution is -2.70. The van der Waals surface area contributed by atoms with Crippen LogP contribution in [0.15, 0.2) is 29.2 Å². The Kier molecular flexibility index (Phi) is 4.73. The maximum atomic E-state index is 12.6. The van der Waals surface area contributed by atoms with E-state index in [9.17, 15) is 27.9 Å². The number of β-lactam (4-membered cyclic amide) rings is 1. The number of nitrogens with zero attached hydrogens (tertiary/aromatic N) is 1. The summed E-state index contributed by atoms with van der Waals surface area (Å²) >= 11 is 1.24. The van der Waals surface area contributed by atoms with Crippen LogP contribution in [0.2, 0.25) is 0 Å². The van der Waals surface area contributed by atoms with Crippen molar-refractivity contribution in [2.24, 2.45) is 0 Å². The molecule has 0 aliphatic carbocycles. The SMILES string of the molecule is CC1(C)S[C@@H]2[C@H](NS(=O)(=O)c3ccc(CC(=O)O)cc3)C(=O)N2[C@H]1C(=O)O. The molecule has 2 aliphatic heterocycles. The van der Waals surface area contributed by atoms with Gasteiger partial charge in [-0.1, -0.05) is 12.1 Å². The van der Waals surface area contributed by atoms with Gasteiger partial charge in [-0.05, 0) is 31.5 Å². The molecule has 146 valence electrons. The Morgan fingerprint density at radius 2 is 1.81 bits per heavy atom. The first-order valence-corrected chi connectivity index (χ1v) is 10.4. The predicted molar refractivity (Wildman–Crippen MR) is 95.6 cm³/mol. The van der Waals surface area contributed by atoms with Crippen LogP contribution in [0.4, 0.5) is 0 Å². The van der Waals surface area contributed by atoms with E-state index in [-0.39, 0.29) is 11.3 Å². The van der Waals surface area contributed by atoms with Crippen molar-refractivity contribution in [2.45, 2.75) is 47.4 Å². The summed E-state index contributed by atoms with van der Waals surface area (Å²) in [6, 6.07) is 3.27. The number of rotatable bonds is 6. The number of thioether (sulfide) groups is 1. The van der Waals surface area contributed by atoms with Gasteiger partial charge in [0.25, 0.3) is 0 Å². The molecule has 0 bridgehead atoms. The quantitative estimate of drug-likeness (QED) is 0.557. The minimum Gasteiger partial charge on any atom is -0.481 e. The molecule has 3 N–H and O–H groups in total. The summed E-state index contributed by atoms with van der Waals surface area (Å²) in [5.74, 6) is -2.73. The summed E-state index contributed by atoms with van der Waals surface area (Å²) in [6.07, 6.45) is -0.228. The second-order valence-corrected chi connectivity index (χ2v) is 10.4. The Hall–Kier alpha value is -2.11. The average molecular weight is 414 g/mol. The third kappa shape index (κ3) is 3.42. The van der Waals surface area contributed by atoms with Gasteiger partial charge in [0.2, 0.25) is 15.9 Å². The molecule has 0 spiro atoms. The zero-order valence-electron chi connectivity index (χ0n) is 14.4. The Balaban J connectivity index is 1.77. The number of hydrogen-bond acceptors (Lipinski definition) is 6. The Morgan fingerprint density at radius 3 is 2.33 bits per heavy atom. The predicted octanol–water partition coefficient (Wildman–Crippen LogP) is 0.108.